The molecule has 0 fully saturated rings. The topological polar surface area (TPSA) is 170 Å². The number of hydrogen-bond donors (Lipinski definition) is 4. The quantitative estimate of drug-likeness (QED) is 0.371. The van der Waals surface area contributed by atoms with Crippen molar-refractivity contribution in [2.24, 2.45) is 40.9 Å². The van der Waals surface area contributed by atoms with Crippen LogP contribution in [0.3, 0.4) is 0 Å². The molecule has 0 heterocycles. The Hall–Kier alpha value is -1.84. The summed E-state index contributed by atoms with van der Waals surface area (Å²) in [6.07, 6.45) is 0. The first kappa shape index (κ1) is 27.2. The molecule has 0 spiro atoms. The molecule has 9 nitrogen and oxygen atoms in total. The largest absolute Gasteiger partial charge is 0.479 e. The van der Waals surface area contributed by atoms with Crippen LogP contribution in [0.1, 0.15) is 55.4 Å². The first-order chi connectivity index (χ1) is 13.1. The van der Waals surface area contributed by atoms with Crippen LogP contribution in [0.5, 0.6) is 0 Å². The smallest absolute Gasteiger partial charge is 0.338 e. The Balaban J connectivity index is 7.03. The monoisotopic (exact) mass is 414 g/mol. The highest BCUT2D eigenvalue weighted by atomic mass is 16.4. The Morgan fingerprint density at radius 2 is 1.00 bits per heavy atom. The molecule has 0 aromatic heterocycles. The molecule has 0 aromatic carbocycles. The van der Waals surface area contributed by atoms with Crippen molar-refractivity contribution in [3.05, 3.63) is 0 Å². The fourth-order valence-electron chi connectivity index (χ4n) is 2.98. The lowest BCUT2D eigenvalue weighted by Crippen LogP contribution is -2.73. The Kier molecular flexibility index (Phi) is 9.62. The van der Waals surface area contributed by atoms with Gasteiger partial charge in [0.2, 0.25) is 17.4 Å². The normalized spacial score (nSPS) is 17.2. The molecule has 0 saturated carbocycles. The van der Waals surface area contributed by atoms with Crippen molar-refractivity contribution < 1.29 is 24.3 Å². The number of amides is 2. The average Bonchev–Trinajstić information content (AvgIpc) is 2.61. The number of carbonyl (C=O) groups is 4. The Labute approximate surface area is 173 Å². The van der Waals surface area contributed by atoms with Crippen LogP contribution in [-0.2, 0) is 19.2 Å². The number of imide groups is 1. The molecule has 9 heteroatoms. The number of carboxylic acids is 1. The Bertz CT molecular complexity index is 606. The third-order valence-electron chi connectivity index (χ3n) is 5.36. The molecule has 0 unspecified atom stereocenters. The Morgan fingerprint density at radius 3 is 1.21 bits per heavy atom. The van der Waals surface area contributed by atoms with Gasteiger partial charge in [-0.05, 0) is 23.7 Å². The summed E-state index contributed by atoms with van der Waals surface area (Å²) in [5, 5.41) is 10.2. The molecule has 4 atom stereocenters. The van der Waals surface area contributed by atoms with E-state index in [2.05, 4.69) is 0 Å². The molecule has 0 radical (unpaired) electrons. The molecule has 0 saturated heterocycles. The van der Waals surface area contributed by atoms with Crippen LogP contribution in [0.25, 0.3) is 0 Å². The van der Waals surface area contributed by atoms with Crippen molar-refractivity contribution in [2.75, 3.05) is 0 Å². The Morgan fingerprint density at radius 1 is 0.690 bits per heavy atom. The van der Waals surface area contributed by atoms with E-state index in [0.717, 1.165) is 0 Å². The number of aliphatic carboxylic acids is 1. The van der Waals surface area contributed by atoms with E-state index in [4.69, 9.17) is 17.2 Å². The van der Waals surface area contributed by atoms with E-state index in [1.165, 1.54) is 13.8 Å². The summed E-state index contributed by atoms with van der Waals surface area (Å²) in [5.74, 6) is -6.66. The van der Waals surface area contributed by atoms with Crippen LogP contribution in [0, 0.1) is 23.7 Å². The zero-order chi connectivity index (χ0) is 23.4. The zero-order valence-electron chi connectivity index (χ0n) is 18.8. The summed E-state index contributed by atoms with van der Waals surface area (Å²) in [6, 6.07) is -3.60. The summed E-state index contributed by atoms with van der Waals surface area (Å²) >= 11 is 0. The third kappa shape index (κ3) is 5.21. The molecule has 0 aliphatic carbocycles. The molecule has 0 aliphatic heterocycles. The van der Waals surface area contributed by atoms with Gasteiger partial charge in [0.25, 0.3) is 0 Å². The number of carbonyl (C=O) groups excluding carboxylic acids is 3. The van der Waals surface area contributed by atoms with E-state index >= 15 is 0 Å². The van der Waals surface area contributed by atoms with Gasteiger partial charge in [-0.2, -0.15) is 0 Å². The predicted molar refractivity (Wildman–Crippen MR) is 111 cm³/mol. The van der Waals surface area contributed by atoms with Crippen molar-refractivity contribution in [1.82, 2.24) is 4.90 Å². The van der Waals surface area contributed by atoms with Gasteiger partial charge >= 0.3 is 5.97 Å². The van der Waals surface area contributed by atoms with E-state index < -0.39 is 70.9 Å². The van der Waals surface area contributed by atoms with Crippen molar-refractivity contribution in [2.45, 2.75) is 79.1 Å². The number of hydrogen-bond acceptors (Lipinski definition) is 7. The summed E-state index contributed by atoms with van der Waals surface area (Å²) in [4.78, 5) is 53.0. The molecule has 0 rings (SSSR count). The second kappa shape index (κ2) is 10.3. The minimum Gasteiger partial charge on any atom is -0.479 e. The van der Waals surface area contributed by atoms with Gasteiger partial charge in [0.15, 0.2) is 5.78 Å². The lowest BCUT2D eigenvalue weighted by Gasteiger charge is -2.44. The van der Waals surface area contributed by atoms with Gasteiger partial charge < -0.3 is 22.3 Å². The standard InChI is InChI=1S/C20H38N4O5/c1-9(2)13(21)16(25)20(12(7)8,19(28)29)24(17(26)14(22)10(3)4)18(27)15(23)11(5)6/h9-15H,21-23H2,1-8H3,(H,28,29)/t13-,14-,15-,20+/m0/s1. The molecule has 7 N–H and O–H groups in total. The van der Waals surface area contributed by atoms with E-state index in [0.29, 0.717) is 4.90 Å². The van der Waals surface area contributed by atoms with Crippen LogP contribution in [0.15, 0.2) is 0 Å². The number of carboxylic acid groups (broad SMARTS) is 1. The number of nitrogens with zero attached hydrogens (tertiary/aromatic N) is 1. The van der Waals surface area contributed by atoms with Gasteiger partial charge in [0, 0.05) is 0 Å². The molecule has 168 valence electrons. The first-order valence-corrected chi connectivity index (χ1v) is 9.98. The lowest BCUT2D eigenvalue weighted by molar-refractivity contribution is -0.176. The minimum absolute atomic E-state index is 0.402. The maximum absolute atomic E-state index is 13.4. The molecule has 29 heavy (non-hydrogen) atoms. The zero-order valence-corrected chi connectivity index (χ0v) is 18.8. The highest BCUT2D eigenvalue weighted by Gasteiger charge is 2.60. The second-order valence-electron chi connectivity index (χ2n) is 8.91. The van der Waals surface area contributed by atoms with Crippen molar-refractivity contribution in [3.8, 4) is 0 Å². The molecule has 0 aliphatic rings. The minimum atomic E-state index is -2.52. The maximum Gasteiger partial charge on any atom is 0.338 e. The molecular formula is C20H38N4O5. The third-order valence-corrected chi connectivity index (χ3v) is 5.36. The molecule has 0 aromatic rings. The predicted octanol–water partition coefficient (Wildman–Crippen LogP) is 0.340. The fraction of sp³-hybridized carbons (Fsp3) is 0.800. The summed E-state index contributed by atoms with van der Waals surface area (Å²) in [5.41, 5.74) is 15.5. The number of ketones is 1. The van der Waals surface area contributed by atoms with Gasteiger partial charge in [-0.25, -0.2) is 4.79 Å². The maximum atomic E-state index is 13.4. The van der Waals surface area contributed by atoms with Crippen LogP contribution in [0.2, 0.25) is 0 Å². The van der Waals surface area contributed by atoms with Gasteiger partial charge in [0.1, 0.15) is 0 Å². The molecular weight excluding hydrogens is 376 g/mol. The first-order valence-electron chi connectivity index (χ1n) is 9.98. The van der Waals surface area contributed by atoms with Crippen molar-refractivity contribution in [1.29, 1.82) is 0 Å². The number of Topliss-reactive ketones (excluding diaryl/α,β-unsaturated/α-hetero) is 1. The van der Waals surface area contributed by atoms with Gasteiger partial charge in [-0.15, -0.1) is 0 Å². The molecule has 2 amide bonds. The van der Waals surface area contributed by atoms with Crippen molar-refractivity contribution >= 4 is 23.6 Å². The summed E-state index contributed by atoms with van der Waals surface area (Å²) in [6.45, 7) is 12.9. The van der Waals surface area contributed by atoms with Gasteiger partial charge in [0.05, 0.1) is 18.1 Å². The SMILES string of the molecule is CC(C)[C@H](N)C(=O)N(C(=O)[C@@H](N)C(C)C)[C@@](C(=O)O)(C(=O)[C@@H](N)C(C)C)C(C)C. The number of rotatable bonds is 10. The highest BCUT2D eigenvalue weighted by molar-refractivity contribution is 6.18. The van der Waals surface area contributed by atoms with Gasteiger partial charge in [-0.3, -0.25) is 19.3 Å². The molecule has 0 bridgehead atoms. The summed E-state index contributed by atoms with van der Waals surface area (Å²) in [7, 11) is 0. The summed E-state index contributed by atoms with van der Waals surface area (Å²) < 4.78 is 0. The lowest BCUT2D eigenvalue weighted by atomic mass is 9.75. The number of nitrogens with two attached hydrogens (primary N) is 3. The van der Waals surface area contributed by atoms with Gasteiger partial charge in [-0.1, -0.05) is 55.4 Å². The van der Waals surface area contributed by atoms with Crippen LogP contribution in [0.4, 0.5) is 0 Å². The fourth-order valence-corrected chi connectivity index (χ4v) is 2.98. The van der Waals surface area contributed by atoms with Crippen LogP contribution >= 0.6 is 0 Å². The second-order valence-corrected chi connectivity index (χ2v) is 8.91. The van der Waals surface area contributed by atoms with E-state index in [9.17, 15) is 24.3 Å². The van der Waals surface area contributed by atoms with Crippen LogP contribution in [-0.4, -0.2) is 57.2 Å². The van der Waals surface area contributed by atoms with Crippen LogP contribution < -0.4 is 17.2 Å². The average molecular weight is 415 g/mol. The van der Waals surface area contributed by atoms with E-state index in [-0.39, 0.29) is 0 Å². The van der Waals surface area contributed by atoms with Crippen molar-refractivity contribution in [3.63, 3.8) is 0 Å². The highest BCUT2D eigenvalue weighted by Crippen LogP contribution is 2.32. The van der Waals surface area contributed by atoms with E-state index in [1.54, 1.807) is 41.5 Å². The van der Waals surface area contributed by atoms with E-state index in [1.807, 2.05) is 0 Å².